The molecule has 0 radical (unpaired) electrons. The van der Waals surface area contributed by atoms with E-state index in [0.717, 1.165) is 0 Å². The van der Waals surface area contributed by atoms with Crippen LogP contribution in [0.15, 0.2) is 72.1 Å². The van der Waals surface area contributed by atoms with Crippen LogP contribution in [0.3, 0.4) is 0 Å². The van der Waals surface area contributed by atoms with Crippen molar-refractivity contribution < 1.29 is 0 Å². The molecule has 3 aromatic carbocycles. The van der Waals surface area contributed by atoms with Gasteiger partial charge in [0.05, 0.1) is 0 Å². The van der Waals surface area contributed by atoms with E-state index in [1.165, 1.54) is 41.4 Å². The molecule has 0 aliphatic carbocycles. The third kappa shape index (κ3) is 2.27. The van der Waals surface area contributed by atoms with E-state index in [1.807, 2.05) is 11.3 Å². The fourth-order valence-corrected chi connectivity index (χ4v) is 5.18. The number of hydrogen-bond donors (Lipinski definition) is 0. The van der Waals surface area contributed by atoms with E-state index < -0.39 is 0 Å². The van der Waals surface area contributed by atoms with Crippen LogP contribution in [-0.2, 0) is 0 Å². The molecule has 0 saturated carbocycles. The van der Waals surface area contributed by atoms with Crippen molar-refractivity contribution in [1.82, 2.24) is 0 Å². The average molecular weight is 342 g/mol. The third-order valence-electron chi connectivity index (χ3n) is 4.37. The number of fused-ring (bicyclic) bond motifs is 4. The molecular formula is C22H14S2. The lowest BCUT2D eigenvalue weighted by molar-refractivity contribution is 1.77. The lowest BCUT2D eigenvalue weighted by Crippen LogP contribution is -1.73. The quantitative estimate of drug-likeness (QED) is 0.313. The Morgan fingerprint density at radius 3 is 2.29 bits per heavy atom. The van der Waals surface area contributed by atoms with Gasteiger partial charge in [0.25, 0.3) is 0 Å². The summed E-state index contributed by atoms with van der Waals surface area (Å²) in [5.41, 5.74) is 2.55. The highest BCUT2D eigenvalue weighted by molar-refractivity contribution is 7.25. The van der Waals surface area contributed by atoms with E-state index in [4.69, 9.17) is 0 Å². The normalized spacial score (nSPS) is 12.0. The molecule has 0 nitrogen and oxygen atoms in total. The van der Waals surface area contributed by atoms with Crippen molar-refractivity contribution in [2.24, 2.45) is 0 Å². The molecule has 0 saturated heterocycles. The van der Waals surface area contributed by atoms with Gasteiger partial charge >= 0.3 is 0 Å². The molecule has 0 unspecified atom stereocenters. The highest BCUT2D eigenvalue weighted by atomic mass is 32.1. The summed E-state index contributed by atoms with van der Waals surface area (Å²) in [4.78, 5) is 0. The average Bonchev–Trinajstić information content (AvgIpc) is 3.21. The predicted octanol–water partition coefficient (Wildman–Crippen LogP) is 7.44. The summed E-state index contributed by atoms with van der Waals surface area (Å²) < 4.78 is 4.06. The summed E-state index contributed by atoms with van der Waals surface area (Å²) in [5, 5.41) is 6.28. The monoisotopic (exact) mass is 342 g/mol. The summed E-state index contributed by atoms with van der Waals surface area (Å²) in [6.07, 6.45) is 4.45. The molecule has 5 rings (SSSR count). The molecule has 0 fully saturated rings. The van der Waals surface area contributed by atoms with Gasteiger partial charge < -0.3 is 0 Å². The molecule has 114 valence electrons. The van der Waals surface area contributed by atoms with Crippen LogP contribution in [0, 0.1) is 0 Å². The number of rotatable bonds is 2. The molecule has 0 aliphatic heterocycles. The van der Waals surface area contributed by atoms with Gasteiger partial charge in [-0.15, -0.1) is 22.7 Å². The Morgan fingerprint density at radius 1 is 0.625 bits per heavy atom. The first-order valence-electron chi connectivity index (χ1n) is 7.94. The smallest absolute Gasteiger partial charge is 0.0355 e. The van der Waals surface area contributed by atoms with E-state index in [9.17, 15) is 0 Å². The van der Waals surface area contributed by atoms with Crippen LogP contribution in [0.4, 0.5) is 0 Å². The van der Waals surface area contributed by atoms with Gasteiger partial charge in [-0.1, -0.05) is 54.6 Å². The largest absolute Gasteiger partial charge is 0.143 e. The van der Waals surface area contributed by atoms with Gasteiger partial charge in [0, 0.05) is 24.9 Å². The van der Waals surface area contributed by atoms with Crippen LogP contribution in [0.25, 0.3) is 42.4 Å². The maximum atomic E-state index is 2.30. The zero-order valence-corrected chi connectivity index (χ0v) is 14.5. The van der Waals surface area contributed by atoms with Gasteiger partial charge in [0.15, 0.2) is 0 Å². The molecule has 0 atom stereocenters. The summed E-state index contributed by atoms with van der Waals surface area (Å²) in [6, 6.07) is 24.0. The Kier molecular flexibility index (Phi) is 3.25. The first-order chi connectivity index (χ1) is 11.9. The van der Waals surface area contributed by atoms with Crippen LogP contribution in [0.1, 0.15) is 11.1 Å². The minimum absolute atomic E-state index is 1.25. The second-order valence-electron chi connectivity index (χ2n) is 5.87. The molecule has 24 heavy (non-hydrogen) atoms. The molecule has 0 aliphatic rings. The van der Waals surface area contributed by atoms with Crippen LogP contribution >= 0.6 is 22.7 Å². The molecule has 2 heterocycles. The Morgan fingerprint density at radius 2 is 1.38 bits per heavy atom. The fourth-order valence-electron chi connectivity index (χ4n) is 3.16. The lowest BCUT2D eigenvalue weighted by atomic mass is 10.1. The Balaban J connectivity index is 1.60. The van der Waals surface area contributed by atoms with Crippen molar-refractivity contribution in [2.45, 2.75) is 0 Å². The van der Waals surface area contributed by atoms with Crippen LogP contribution in [-0.4, -0.2) is 0 Å². The number of hydrogen-bond acceptors (Lipinski definition) is 2. The minimum Gasteiger partial charge on any atom is -0.143 e. The Hall–Kier alpha value is -2.42. The van der Waals surface area contributed by atoms with Crippen molar-refractivity contribution in [3.63, 3.8) is 0 Å². The van der Waals surface area contributed by atoms with Gasteiger partial charge in [-0.2, -0.15) is 0 Å². The van der Waals surface area contributed by atoms with Crippen LogP contribution in [0.2, 0.25) is 0 Å². The highest BCUT2D eigenvalue weighted by Gasteiger charge is 2.04. The topological polar surface area (TPSA) is 0 Å². The third-order valence-corrected chi connectivity index (χ3v) is 6.50. The zero-order valence-electron chi connectivity index (χ0n) is 12.9. The Labute approximate surface area is 148 Å². The van der Waals surface area contributed by atoms with E-state index in [2.05, 4.69) is 84.3 Å². The first-order valence-corrected chi connectivity index (χ1v) is 9.64. The summed E-state index contributed by atoms with van der Waals surface area (Å²) in [7, 11) is 0. The van der Waals surface area contributed by atoms with Crippen molar-refractivity contribution >= 4 is 65.1 Å². The molecule has 0 spiro atoms. The number of benzene rings is 3. The molecule has 0 bridgehead atoms. The second kappa shape index (κ2) is 5.59. The van der Waals surface area contributed by atoms with Crippen molar-refractivity contribution in [2.75, 3.05) is 0 Å². The SMILES string of the molecule is C(=C\c1csc2ccccc12)/c1ccc2sc3ccccc3c2c1. The van der Waals surface area contributed by atoms with Crippen LogP contribution in [0.5, 0.6) is 0 Å². The van der Waals surface area contributed by atoms with Gasteiger partial charge in [0.1, 0.15) is 0 Å². The molecule has 2 aromatic heterocycles. The first kappa shape index (κ1) is 14.0. The van der Waals surface area contributed by atoms with E-state index in [1.54, 1.807) is 11.3 Å². The van der Waals surface area contributed by atoms with Crippen molar-refractivity contribution in [3.8, 4) is 0 Å². The summed E-state index contributed by atoms with van der Waals surface area (Å²) in [6.45, 7) is 0. The maximum absolute atomic E-state index is 2.30. The van der Waals surface area contributed by atoms with Gasteiger partial charge in [-0.25, -0.2) is 0 Å². The predicted molar refractivity (Wildman–Crippen MR) is 110 cm³/mol. The zero-order chi connectivity index (χ0) is 15.9. The summed E-state index contributed by atoms with van der Waals surface area (Å²) >= 11 is 3.67. The lowest BCUT2D eigenvalue weighted by Gasteiger charge is -1.96. The summed E-state index contributed by atoms with van der Waals surface area (Å²) in [5.74, 6) is 0. The highest BCUT2D eigenvalue weighted by Crippen LogP contribution is 2.34. The molecule has 0 N–H and O–H groups in total. The maximum Gasteiger partial charge on any atom is 0.0355 e. The fraction of sp³-hybridized carbons (Fsp3) is 0. The van der Waals surface area contributed by atoms with Crippen molar-refractivity contribution in [1.29, 1.82) is 0 Å². The van der Waals surface area contributed by atoms with E-state index >= 15 is 0 Å². The minimum atomic E-state index is 1.25. The van der Waals surface area contributed by atoms with Crippen LogP contribution < -0.4 is 0 Å². The van der Waals surface area contributed by atoms with E-state index in [-0.39, 0.29) is 0 Å². The van der Waals surface area contributed by atoms with Gasteiger partial charge in [-0.3, -0.25) is 0 Å². The molecular weight excluding hydrogens is 328 g/mol. The van der Waals surface area contributed by atoms with E-state index in [0.29, 0.717) is 0 Å². The molecule has 5 aromatic rings. The van der Waals surface area contributed by atoms with Crippen molar-refractivity contribution in [3.05, 3.63) is 83.2 Å². The number of thiophene rings is 2. The molecule has 0 amide bonds. The standard InChI is InChI=1S/C22H14S2/c1-3-7-20-17(5-1)16(14-23-20)11-9-15-10-12-22-19(13-15)18-6-2-4-8-21(18)24-22/h1-14H/b11-9+. The molecule has 2 heteroatoms. The Bertz CT molecular complexity index is 1200. The van der Waals surface area contributed by atoms with Gasteiger partial charge in [-0.05, 0) is 46.2 Å². The second-order valence-corrected chi connectivity index (χ2v) is 7.87. The van der Waals surface area contributed by atoms with Gasteiger partial charge in [0.2, 0.25) is 0 Å².